The fourth-order valence-corrected chi connectivity index (χ4v) is 1.64. The Kier molecular flexibility index (Phi) is 3.48. The molecule has 18 heavy (non-hydrogen) atoms. The van der Waals surface area contributed by atoms with Crippen LogP contribution in [0, 0.1) is 6.92 Å². The first-order chi connectivity index (χ1) is 8.56. The van der Waals surface area contributed by atoms with Gasteiger partial charge < -0.3 is 11.1 Å². The third kappa shape index (κ3) is 2.78. The number of benzene rings is 1. The summed E-state index contributed by atoms with van der Waals surface area (Å²) in [4.78, 5) is 16.0. The van der Waals surface area contributed by atoms with E-state index in [1.54, 1.807) is 30.3 Å². The standard InChI is InChI=1S/C13H12ClN3O/c1-8-6-9(2-3-11(8)15)13(18)17-12-7-10(14)4-5-16-12/h2-7H,15H2,1H3,(H,16,17,18). The molecule has 0 saturated heterocycles. The van der Waals surface area contributed by atoms with E-state index >= 15 is 0 Å². The number of nitrogen functional groups attached to an aromatic ring is 1. The smallest absolute Gasteiger partial charge is 0.256 e. The van der Waals surface area contributed by atoms with Gasteiger partial charge in [-0.1, -0.05) is 11.6 Å². The Bertz CT molecular complexity index is 599. The molecule has 92 valence electrons. The van der Waals surface area contributed by atoms with Crippen LogP contribution < -0.4 is 11.1 Å². The first kappa shape index (κ1) is 12.4. The van der Waals surface area contributed by atoms with Crippen LogP contribution in [-0.4, -0.2) is 10.9 Å². The van der Waals surface area contributed by atoms with Gasteiger partial charge in [-0.15, -0.1) is 0 Å². The van der Waals surface area contributed by atoms with Crippen molar-refractivity contribution in [2.45, 2.75) is 6.92 Å². The number of carbonyl (C=O) groups excluding carboxylic acids is 1. The van der Waals surface area contributed by atoms with E-state index in [1.807, 2.05) is 6.92 Å². The summed E-state index contributed by atoms with van der Waals surface area (Å²) in [6, 6.07) is 8.33. The molecule has 0 aliphatic carbocycles. The van der Waals surface area contributed by atoms with Crippen LogP contribution in [-0.2, 0) is 0 Å². The Hall–Kier alpha value is -2.07. The molecule has 0 saturated carbocycles. The average Bonchev–Trinajstić information content (AvgIpc) is 2.32. The number of hydrogen-bond donors (Lipinski definition) is 2. The van der Waals surface area contributed by atoms with Crippen LogP contribution in [0.15, 0.2) is 36.5 Å². The largest absolute Gasteiger partial charge is 0.399 e. The van der Waals surface area contributed by atoms with Crippen molar-refractivity contribution in [2.75, 3.05) is 11.1 Å². The fraction of sp³-hybridized carbons (Fsp3) is 0.0769. The molecule has 0 atom stereocenters. The summed E-state index contributed by atoms with van der Waals surface area (Å²) in [6.45, 7) is 1.85. The number of aromatic nitrogens is 1. The topological polar surface area (TPSA) is 68.0 Å². The van der Waals surface area contributed by atoms with Gasteiger partial charge in [-0.2, -0.15) is 0 Å². The van der Waals surface area contributed by atoms with Gasteiger partial charge in [-0.3, -0.25) is 4.79 Å². The van der Waals surface area contributed by atoms with Crippen molar-refractivity contribution in [3.63, 3.8) is 0 Å². The van der Waals surface area contributed by atoms with Crippen LogP contribution in [0.5, 0.6) is 0 Å². The summed E-state index contributed by atoms with van der Waals surface area (Å²) >= 11 is 5.81. The van der Waals surface area contributed by atoms with Crippen LogP contribution in [0.4, 0.5) is 11.5 Å². The zero-order chi connectivity index (χ0) is 13.1. The van der Waals surface area contributed by atoms with E-state index in [0.717, 1.165) is 5.56 Å². The zero-order valence-electron chi connectivity index (χ0n) is 9.77. The highest BCUT2D eigenvalue weighted by atomic mass is 35.5. The Labute approximate surface area is 110 Å². The monoisotopic (exact) mass is 261 g/mol. The summed E-state index contributed by atoms with van der Waals surface area (Å²) in [5.74, 6) is 0.176. The minimum Gasteiger partial charge on any atom is -0.399 e. The van der Waals surface area contributed by atoms with Crippen molar-refractivity contribution in [3.05, 3.63) is 52.7 Å². The molecule has 1 amide bonds. The van der Waals surface area contributed by atoms with Crippen molar-refractivity contribution in [2.24, 2.45) is 0 Å². The van der Waals surface area contributed by atoms with Gasteiger partial charge in [0, 0.05) is 22.5 Å². The van der Waals surface area contributed by atoms with Crippen LogP contribution in [0.3, 0.4) is 0 Å². The molecule has 1 aromatic carbocycles. The van der Waals surface area contributed by atoms with Gasteiger partial charge in [0.1, 0.15) is 5.82 Å². The second-order valence-electron chi connectivity index (χ2n) is 3.88. The number of halogens is 1. The van der Waals surface area contributed by atoms with E-state index in [4.69, 9.17) is 17.3 Å². The minimum atomic E-state index is -0.243. The molecule has 2 rings (SSSR count). The van der Waals surface area contributed by atoms with Crippen LogP contribution in [0.2, 0.25) is 5.02 Å². The van der Waals surface area contributed by atoms with Gasteiger partial charge in [0.25, 0.3) is 5.91 Å². The number of anilines is 2. The summed E-state index contributed by atoms with van der Waals surface area (Å²) in [7, 11) is 0. The summed E-state index contributed by atoms with van der Waals surface area (Å²) < 4.78 is 0. The summed E-state index contributed by atoms with van der Waals surface area (Å²) in [5.41, 5.74) is 7.75. The van der Waals surface area contributed by atoms with Crippen molar-refractivity contribution in [1.29, 1.82) is 0 Å². The molecule has 0 fully saturated rings. The van der Waals surface area contributed by atoms with E-state index in [1.165, 1.54) is 6.20 Å². The molecule has 2 aromatic rings. The van der Waals surface area contributed by atoms with E-state index in [-0.39, 0.29) is 5.91 Å². The van der Waals surface area contributed by atoms with Gasteiger partial charge in [0.2, 0.25) is 0 Å². The maximum absolute atomic E-state index is 12.0. The maximum atomic E-state index is 12.0. The van der Waals surface area contributed by atoms with Crippen LogP contribution in [0.1, 0.15) is 15.9 Å². The van der Waals surface area contributed by atoms with E-state index < -0.39 is 0 Å². The minimum absolute atomic E-state index is 0.243. The molecule has 1 aromatic heterocycles. The molecule has 5 heteroatoms. The number of nitrogens with two attached hydrogens (primary N) is 1. The van der Waals surface area contributed by atoms with E-state index in [2.05, 4.69) is 10.3 Å². The second kappa shape index (κ2) is 5.06. The highest BCUT2D eigenvalue weighted by Crippen LogP contribution is 2.15. The third-order valence-corrected chi connectivity index (χ3v) is 2.73. The molecule has 0 radical (unpaired) electrons. The van der Waals surface area contributed by atoms with E-state index in [0.29, 0.717) is 22.1 Å². The lowest BCUT2D eigenvalue weighted by molar-refractivity contribution is 0.102. The van der Waals surface area contributed by atoms with Crippen LogP contribution >= 0.6 is 11.6 Å². The first-order valence-electron chi connectivity index (χ1n) is 5.35. The number of rotatable bonds is 2. The Morgan fingerprint density at radius 1 is 1.33 bits per heavy atom. The van der Waals surface area contributed by atoms with Crippen molar-refractivity contribution in [1.82, 2.24) is 4.98 Å². The highest BCUT2D eigenvalue weighted by Gasteiger charge is 2.08. The molecule has 0 bridgehead atoms. The van der Waals surface area contributed by atoms with Crippen molar-refractivity contribution < 1.29 is 4.79 Å². The average molecular weight is 262 g/mol. The maximum Gasteiger partial charge on any atom is 0.256 e. The number of nitrogens with one attached hydrogen (secondary N) is 1. The van der Waals surface area contributed by atoms with Gasteiger partial charge in [0.15, 0.2) is 0 Å². The predicted octanol–water partition coefficient (Wildman–Crippen LogP) is 2.88. The van der Waals surface area contributed by atoms with Crippen LogP contribution in [0.25, 0.3) is 0 Å². The molecular weight excluding hydrogens is 250 g/mol. The molecule has 0 spiro atoms. The quantitative estimate of drug-likeness (QED) is 0.817. The van der Waals surface area contributed by atoms with Gasteiger partial charge >= 0.3 is 0 Å². The SMILES string of the molecule is Cc1cc(C(=O)Nc2cc(Cl)ccn2)ccc1N. The van der Waals surface area contributed by atoms with Gasteiger partial charge in [0.05, 0.1) is 0 Å². The number of hydrogen-bond acceptors (Lipinski definition) is 3. The molecule has 0 aliphatic rings. The molecule has 3 N–H and O–H groups in total. The molecule has 4 nitrogen and oxygen atoms in total. The van der Waals surface area contributed by atoms with Crippen molar-refractivity contribution in [3.8, 4) is 0 Å². The number of nitrogens with zero attached hydrogens (tertiary/aromatic N) is 1. The molecular formula is C13H12ClN3O. The van der Waals surface area contributed by atoms with Gasteiger partial charge in [-0.05, 0) is 42.8 Å². The Morgan fingerprint density at radius 3 is 2.78 bits per heavy atom. The Morgan fingerprint density at radius 2 is 2.11 bits per heavy atom. The zero-order valence-corrected chi connectivity index (χ0v) is 10.5. The van der Waals surface area contributed by atoms with Gasteiger partial charge in [-0.25, -0.2) is 4.98 Å². The lowest BCUT2D eigenvalue weighted by atomic mass is 10.1. The molecule has 1 heterocycles. The number of aryl methyl sites for hydroxylation is 1. The number of carbonyl (C=O) groups is 1. The highest BCUT2D eigenvalue weighted by molar-refractivity contribution is 6.30. The first-order valence-corrected chi connectivity index (χ1v) is 5.73. The number of pyridine rings is 1. The fourth-order valence-electron chi connectivity index (χ4n) is 1.48. The van der Waals surface area contributed by atoms with Crippen molar-refractivity contribution >= 4 is 29.0 Å². The third-order valence-electron chi connectivity index (χ3n) is 2.50. The molecule has 0 aliphatic heterocycles. The Balaban J connectivity index is 2.19. The lowest BCUT2D eigenvalue weighted by Gasteiger charge is -2.06. The number of amides is 1. The van der Waals surface area contributed by atoms with E-state index in [9.17, 15) is 4.79 Å². The second-order valence-corrected chi connectivity index (χ2v) is 4.32. The lowest BCUT2D eigenvalue weighted by Crippen LogP contribution is -2.13. The summed E-state index contributed by atoms with van der Waals surface area (Å²) in [6.07, 6.45) is 1.53. The molecule has 0 unspecified atom stereocenters. The predicted molar refractivity (Wildman–Crippen MR) is 72.8 cm³/mol. The summed E-state index contributed by atoms with van der Waals surface area (Å²) in [5, 5.41) is 3.19. The normalized spacial score (nSPS) is 10.1.